The van der Waals surface area contributed by atoms with Gasteiger partial charge in [-0.1, -0.05) is 0 Å². The van der Waals surface area contributed by atoms with E-state index in [1.807, 2.05) is 19.9 Å². The summed E-state index contributed by atoms with van der Waals surface area (Å²) in [5.74, 6) is 1.62. The van der Waals surface area contributed by atoms with E-state index in [0.29, 0.717) is 17.1 Å². The summed E-state index contributed by atoms with van der Waals surface area (Å²) >= 11 is 0. The first-order chi connectivity index (χ1) is 12.8. The molecule has 0 saturated carbocycles. The van der Waals surface area contributed by atoms with E-state index in [1.165, 1.54) is 30.5 Å². The van der Waals surface area contributed by atoms with Gasteiger partial charge >= 0.3 is 0 Å². The summed E-state index contributed by atoms with van der Waals surface area (Å²) < 4.78 is 37.7. The minimum atomic E-state index is -3.70. The summed E-state index contributed by atoms with van der Waals surface area (Å²) in [5.41, 5.74) is 0.357. The highest BCUT2D eigenvalue weighted by Crippen LogP contribution is 2.17. The Morgan fingerprint density at radius 2 is 1.85 bits per heavy atom. The molecule has 3 aromatic rings. The highest BCUT2D eigenvalue weighted by Gasteiger charge is 2.17. The summed E-state index contributed by atoms with van der Waals surface area (Å²) in [4.78, 5) is 12.4. The summed E-state index contributed by atoms with van der Waals surface area (Å²) in [6, 6.07) is 12.4. The first kappa shape index (κ1) is 18.9. The zero-order valence-electron chi connectivity index (χ0n) is 14.9. The third kappa shape index (κ3) is 4.66. The Kier molecular flexibility index (Phi) is 5.48. The molecule has 0 aliphatic carbocycles. The average molecular weight is 388 g/mol. The minimum Gasteiger partial charge on any atom is -0.468 e. The van der Waals surface area contributed by atoms with Gasteiger partial charge < -0.3 is 14.2 Å². The molecule has 3 rings (SSSR count). The van der Waals surface area contributed by atoms with Gasteiger partial charge in [0.2, 0.25) is 10.0 Å². The lowest BCUT2D eigenvalue weighted by atomic mass is 10.2. The van der Waals surface area contributed by atoms with Crippen molar-refractivity contribution >= 4 is 15.9 Å². The number of hydrogen-bond acceptors (Lipinski definition) is 5. The van der Waals surface area contributed by atoms with Gasteiger partial charge in [-0.3, -0.25) is 4.79 Å². The van der Waals surface area contributed by atoms with E-state index in [2.05, 4.69) is 10.0 Å². The molecule has 0 aliphatic heterocycles. The maximum atomic E-state index is 12.3. The van der Waals surface area contributed by atoms with E-state index in [9.17, 15) is 13.2 Å². The van der Waals surface area contributed by atoms with Gasteiger partial charge in [-0.15, -0.1) is 0 Å². The van der Waals surface area contributed by atoms with Crippen LogP contribution in [0.15, 0.2) is 68.5 Å². The third-order valence-corrected chi connectivity index (χ3v) is 5.40. The molecule has 8 heteroatoms. The molecule has 2 N–H and O–H groups in total. The highest BCUT2D eigenvalue weighted by atomic mass is 32.2. The van der Waals surface area contributed by atoms with Crippen LogP contribution in [0.25, 0.3) is 0 Å². The van der Waals surface area contributed by atoms with Crippen LogP contribution in [0.4, 0.5) is 0 Å². The van der Waals surface area contributed by atoms with E-state index in [4.69, 9.17) is 8.83 Å². The van der Waals surface area contributed by atoms with Crippen LogP contribution in [-0.4, -0.2) is 14.3 Å². The average Bonchev–Trinajstić information content (AvgIpc) is 3.31. The zero-order chi connectivity index (χ0) is 19.4. The number of amides is 1. The Morgan fingerprint density at radius 3 is 2.44 bits per heavy atom. The monoisotopic (exact) mass is 388 g/mol. The zero-order valence-corrected chi connectivity index (χ0v) is 15.7. The van der Waals surface area contributed by atoms with Crippen molar-refractivity contribution in [2.24, 2.45) is 0 Å². The first-order valence-electron chi connectivity index (χ1n) is 8.34. The Hall–Kier alpha value is -2.84. The third-order valence-electron chi connectivity index (χ3n) is 3.98. The van der Waals surface area contributed by atoms with Crippen molar-refractivity contribution in [1.29, 1.82) is 0 Å². The second kappa shape index (κ2) is 7.81. The molecule has 0 spiro atoms. The van der Waals surface area contributed by atoms with Crippen molar-refractivity contribution in [2.45, 2.75) is 31.3 Å². The molecule has 2 aromatic heterocycles. The summed E-state index contributed by atoms with van der Waals surface area (Å²) in [5, 5.41) is 2.82. The summed E-state index contributed by atoms with van der Waals surface area (Å²) in [6.45, 7) is 3.70. The maximum absolute atomic E-state index is 12.3. The molecule has 0 radical (unpaired) electrons. The standard InChI is InChI=1S/C19H20N2O5S/c1-13-5-10-18(26-13)14(2)21-19(22)15-6-8-17(9-7-15)27(23,24)20-12-16-4-3-11-25-16/h3-11,14,20H,12H2,1-2H3,(H,21,22). The van der Waals surface area contributed by atoms with Crippen LogP contribution in [0.3, 0.4) is 0 Å². The fraction of sp³-hybridized carbons (Fsp3) is 0.211. The highest BCUT2D eigenvalue weighted by molar-refractivity contribution is 7.89. The fourth-order valence-corrected chi connectivity index (χ4v) is 3.48. The SMILES string of the molecule is Cc1ccc(C(C)NC(=O)c2ccc(S(=O)(=O)NCc3ccco3)cc2)o1. The second-order valence-corrected chi connectivity index (χ2v) is 7.84. The molecule has 1 aromatic carbocycles. The van der Waals surface area contributed by atoms with Crippen LogP contribution in [0.5, 0.6) is 0 Å². The lowest BCUT2D eigenvalue weighted by Gasteiger charge is -2.12. The van der Waals surface area contributed by atoms with Gasteiger partial charge in [-0.2, -0.15) is 0 Å². The lowest BCUT2D eigenvalue weighted by Crippen LogP contribution is -2.26. The molecule has 1 unspecified atom stereocenters. The molecular formula is C19H20N2O5S. The van der Waals surface area contributed by atoms with Gasteiger partial charge in [-0.25, -0.2) is 13.1 Å². The van der Waals surface area contributed by atoms with Crippen LogP contribution in [0.1, 0.15) is 40.6 Å². The molecule has 1 amide bonds. The lowest BCUT2D eigenvalue weighted by molar-refractivity contribution is 0.0935. The number of benzene rings is 1. The Bertz CT molecular complexity index is 1000. The molecule has 27 heavy (non-hydrogen) atoms. The Morgan fingerprint density at radius 1 is 1.11 bits per heavy atom. The second-order valence-electron chi connectivity index (χ2n) is 6.07. The molecule has 0 fully saturated rings. The van der Waals surface area contributed by atoms with Crippen molar-refractivity contribution in [3.8, 4) is 0 Å². The molecule has 142 valence electrons. The number of sulfonamides is 1. The fourth-order valence-electron chi connectivity index (χ4n) is 2.49. The number of furan rings is 2. The summed E-state index contributed by atoms with van der Waals surface area (Å²) in [7, 11) is -3.70. The molecule has 7 nitrogen and oxygen atoms in total. The van der Waals surface area contributed by atoms with Crippen LogP contribution in [0.2, 0.25) is 0 Å². The normalized spacial score (nSPS) is 12.7. The Balaban J connectivity index is 1.64. The molecule has 2 heterocycles. The van der Waals surface area contributed by atoms with Crippen LogP contribution in [0, 0.1) is 6.92 Å². The number of carbonyl (C=O) groups is 1. The van der Waals surface area contributed by atoms with Crippen molar-refractivity contribution in [2.75, 3.05) is 0 Å². The number of carbonyl (C=O) groups excluding carboxylic acids is 1. The molecule has 0 bridgehead atoms. The number of nitrogens with one attached hydrogen (secondary N) is 2. The van der Waals surface area contributed by atoms with Gasteiger partial charge in [0.05, 0.1) is 23.7 Å². The predicted molar refractivity (Wildman–Crippen MR) is 98.5 cm³/mol. The largest absolute Gasteiger partial charge is 0.468 e. The minimum absolute atomic E-state index is 0.0532. The van der Waals surface area contributed by atoms with Crippen molar-refractivity contribution in [1.82, 2.24) is 10.0 Å². The van der Waals surface area contributed by atoms with Crippen LogP contribution >= 0.6 is 0 Å². The van der Waals surface area contributed by atoms with Gasteiger partial charge in [-0.05, 0) is 62.4 Å². The molecule has 0 aliphatic rings. The smallest absolute Gasteiger partial charge is 0.251 e. The number of aryl methyl sites for hydroxylation is 1. The van der Waals surface area contributed by atoms with Gasteiger partial charge in [0.25, 0.3) is 5.91 Å². The molecular weight excluding hydrogens is 368 g/mol. The molecule has 0 saturated heterocycles. The van der Waals surface area contributed by atoms with E-state index in [1.54, 1.807) is 18.2 Å². The van der Waals surface area contributed by atoms with Gasteiger partial charge in [0.15, 0.2) is 0 Å². The Labute approximate surface area is 157 Å². The summed E-state index contributed by atoms with van der Waals surface area (Å²) in [6.07, 6.45) is 1.47. The topological polar surface area (TPSA) is 102 Å². The van der Waals surface area contributed by atoms with Crippen LogP contribution in [-0.2, 0) is 16.6 Å². The van der Waals surface area contributed by atoms with E-state index < -0.39 is 10.0 Å². The number of rotatable bonds is 7. The number of hydrogen-bond donors (Lipinski definition) is 2. The van der Waals surface area contributed by atoms with E-state index in [0.717, 1.165) is 5.76 Å². The van der Waals surface area contributed by atoms with Crippen molar-refractivity contribution in [3.05, 3.63) is 77.6 Å². The first-order valence-corrected chi connectivity index (χ1v) is 9.83. The van der Waals surface area contributed by atoms with Gasteiger partial charge in [0.1, 0.15) is 17.3 Å². The van der Waals surface area contributed by atoms with Crippen molar-refractivity contribution in [3.63, 3.8) is 0 Å². The maximum Gasteiger partial charge on any atom is 0.251 e. The quantitative estimate of drug-likeness (QED) is 0.647. The van der Waals surface area contributed by atoms with Crippen molar-refractivity contribution < 1.29 is 22.0 Å². The molecule has 1 atom stereocenters. The van der Waals surface area contributed by atoms with E-state index in [-0.39, 0.29) is 23.4 Å². The predicted octanol–water partition coefficient (Wildman–Crippen LogP) is 3.15. The van der Waals surface area contributed by atoms with E-state index >= 15 is 0 Å². The van der Waals surface area contributed by atoms with Gasteiger partial charge in [0, 0.05) is 5.56 Å². The van der Waals surface area contributed by atoms with Crippen LogP contribution < -0.4 is 10.0 Å².